The van der Waals surface area contributed by atoms with Gasteiger partial charge in [-0.1, -0.05) is 19.1 Å². The predicted octanol–water partition coefficient (Wildman–Crippen LogP) is 3.37. The van der Waals surface area contributed by atoms with Crippen LogP contribution in [-0.4, -0.2) is 20.5 Å². The van der Waals surface area contributed by atoms with E-state index in [0.717, 1.165) is 23.5 Å². The summed E-state index contributed by atoms with van der Waals surface area (Å²) in [5.41, 5.74) is 9.22. The molecular formula is C18H21IN6. The Hall–Kier alpha value is -2.42. The smallest absolute Gasteiger partial charge is 0.193 e. The fourth-order valence-electron chi connectivity index (χ4n) is 2.28. The van der Waals surface area contributed by atoms with Crippen LogP contribution in [0.25, 0.3) is 5.82 Å². The van der Waals surface area contributed by atoms with Crippen molar-refractivity contribution >= 4 is 35.6 Å². The lowest BCUT2D eigenvalue weighted by Gasteiger charge is -2.07. The molecule has 3 N–H and O–H groups in total. The summed E-state index contributed by atoms with van der Waals surface area (Å²) in [6.07, 6.45) is 8.06. The van der Waals surface area contributed by atoms with Crippen LogP contribution in [0.5, 0.6) is 0 Å². The molecule has 0 unspecified atom stereocenters. The van der Waals surface area contributed by atoms with E-state index in [1.807, 2.05) is 35.0 Å². The maximum absolute atomic E-state index is 5.96. The highest BCUT2D eigenvalue weighted by Crippen LogP contribution is 2.10. The number of nitrogens with one attached hydrogen (secondary N) is 1. The van der Waals surface area contributed by atoms with Crippen LogP contribution in [0.4, 0.5) is 5.69 Å². The molecule has 7 heteroatoms. The van der Waals surface area contributed by atoms with Gasteiger partial charge in [-0.25, -0.2) is 15.0 Å². The zero-order chi connectivity index (χ0) is 16.8. The molecule has 0 atom stereocenters. The number of aromatic nitrogens is 3. The Bertz CT molecular complexity index is 812. The lowest BCUT2D eigenvalue weighted by molar-refractivity contribution is 0.968. The van der Waals surface area contributed by atoms with E-state index in [1.165, 1.54) is 5.56 Å². The first-order valence-electron chi connectivity index (χ1n) is 7.83. The van der Waals surface area contributed by atoms with E-state index < -0.39 is 0 Å². The second-order valence-corrected chi connectivity index (χ2v) is 5.37. The lowest BCUT2D eigenvalue weighted by Crippen LogP contribution is -2.22. The van der Waals surface area contributed by atoms with Crippen LogP contribution in [0.2, 0.25) is 0 Å². The number of halogens is 1. The predicted molar refractivity (Wildman–Crippen MR) is 112 cm³/mol. The fourth-order valence-corrected chi connectivity index (χ4v) is 2.28. The highest BCUT2D eigenvalue weighted by atomic mass is 127. The molecule has 0 amide bonds. The molecule has 0 saturated heterocycles. The second kappa shape index (κ2) is 9.16. The number of rotatable bonds is 5. The number of nitrogens with two attached hydrogens (primary N) is 1. The molecule has 0 bridgehead atoms. The van der Waals surface area contributed by atoms with Crippen LogP contribution >= 0.6 is 24.0 Å². The Balaban J connectivity index is 0.00000225. The third-order valence-electron chi connectivity index (χ3n) is 3.65. The van der Waals surface area contributed by atoms with Gasteiger partial charge >= 0.3 is 0 Å². The van der Waals surface area contributed by atoms with Crippen LogP contribution in [-0.2, 0) is 13.0 Å². The molecule has 2 heterocycles. The molecule has 3 aromatic rings. The number of hydrogen-bond donors (Lipinski definition) is 2. The van der Waals surface area contributed by atoms with E-state index in [0.29, 0.717) is 12.5 Å². The van der Waals surface area contributed by atoms with E-state index in [4.69, 9.17) is 5.73 Å². The summed E-state index contributed by atoms with van der Waals surface area (Å²) in [5.74, 6) is 1.20. The molecule has 0 aliphatic rings. The minimum absolute atomic E-state index is 0. The zero-order valence-corrected chi connectivity index (χ0v) is 16.3. The maximum atomic E-state index is 5.96. The average molecular weight is 448 g/mol. The summed E-state index contributed by atoms with van der Waals surface area (Å²) < 4.78 is 1.85. The zero-order valence-electron chi connectivity index (χ0n) is 14.0. The number of imidazole rings is 1. The number of hydrogen-bond acceptors (Lipinski definition) is 3. The van der Waals surface area contributed by atoms with Crippen molar-refractivity contribution in [3.63, 3.8) is 0 Å². The molecule has 0 aliphatic carbocycles. The van der Waals surface area contributed by atoms with Crippen LogP contribution in [0.3, 0.4) is 0 Å². The second-order valence-electron chi connectivity index (χ2n) is 5.37. The fraction of sp³-hybridized carbons (Fsp3) is 0.167. The van der Waals surface area contributed by atoms with Crippen molar-refractivity contribution in [3.05, 3.63) is 72.4 Å². The van der Waals surface area contributed by atoms with E-state index in [1.54, 1.807) is 18.7 Å². The molecular weight excluding hydrogens is 427 g/mol. The molecule has 0 saturated carbocycles. The first-order chi connectivity index (χ1) is 11.7. The van der Waals surface area contributed by atoms with Gasteiger partial charge in [-0.15, -0.1) is 24.0 Å². The minimum atomic E-state index is 0. The van der Waals surface area contributed by atoms with Crippen LogP contribution < -0.4 is 11.1 Å². The van der Waals surface area contributed by atoms with E-state index in [-0.39, 0.29) is 24.0 Å². The van der Waals surface area contributed by atoms with Gasteiger partial charge in [0.15, 0.2) is 5.96 Å². The normalized spacial score (nSPS) is 11.0. The maximum Gasteiger partial charge on any atom is 0.193 e. The quantitative estimate of drug-likeness (QED) is 0.356. The van der Waals surface area contributed by atoms with Crippen LogP contribution in [0, 0.1) is 0 Å². The van der Waals surface area contributed by atoms with Gasteiger partial charge < -0.3 is 11.1 Å². The first-order valence-corrected chi connectivity index (χ1v) is 7.83. The summed E-state index contributed by atoms with van der Waals surface area (Å²) in [7, 11) is 0. The third kappa shape index (κ3) is 5.28. The Labute approximate surface area is 164 Å². The lowest BCUT2D eigenvalue weighted by atomic mass is 10.1. The van der Waals surface area contributed by atoms with Crippen molar-refractivity contribution in [3.8, 4) is 5.82 Å². The number of aliphatic imine (C=N–C) groups is 1. The van der Waals surface area contributed by atoms with E-state index in [2.05, 4.69) is 39.3 Å². The molecule has 0 fully saturated rings. The number of anilines is 1. The van der Waals surface area contributed by atoms with Gasteiger partial charge in [-0.05, 0) is 41.8 Å². The van der Waals surface area contributed by atoms with Crippen LogP contribution in [0.1, 0.15) is 18.1 Å². The van der Waals surface area contributed by atoms with Crippen molar-refractivity contribution in [2.75, 3.05) is 5.32 Å². The van der Waals surface area contributed by atoms with Gasteiger partial charge in [0, 0.05) is 24.3 Å². The molecule has 6 nitrogen and oxygen atoms in total. The van der Waals surface area contributed by atoms with Gasteiger partial charge in [0.25, 0.3) is 0 Å². The van der Waals surface area contributed by atoms with Crippen molar-refractivity contribution in [1.82, 2.24) is 14.5 Å². The summed E-state index contributed by atoms with van der Waals surface area (Å²) >= 11 is 0. The SMILES string of the molecule is CCc1ccc(NC(N)=NCc2ccnc(-n3ccnc3)c2)cc1.I. The molecule has 0 spiro atoms. The molecule has 0 aliphatic heterocycles. The van der Waals surface area contributed by atoms with Crippen LogP contribution in [0.15, 0.2) is 66.3 Å². The summed E-state index contributed by atoms with van der Waals surface area (Å²) in [4.78, 5) is 12.7. The summed E-state index contributed by atoms with van der Waals surface area (Å²) in [6, 6.07) is 12.1. The third-order valence-corrected chi connectivity index (χ3v) is 3.65. The Morgan fingerprint density at radius 3 is 2.64 bits per heavy atom. The number of benzene rings is 1. The molecule has 130 valence electrons. The number of nitrogens with zero attached hydrogens (tertiary/aromatic N) is 4. The van der Waals surface area contributed by atoms with Gasteiger partial charge in [0.2, 0.25) is 0 Å². The van der Waals surface area contributed by atoms with E-state index >= 15 is 0 Å². The molecule has 1 aromatic carbocycles. The Kier molecular flexibility index (Phi) is 6.93. The number of guanidine groups is 1. The van der Waals surface area contributed by atoms with Crippen molar-refractivity contribution in [2.45, 2.75) is 19.9 Å². The van der Waals surface area contributed by atoms with Gasteiger partial charge in [-0.3, -0.25) is 4.57 Å². The van der Waals surface area contributed by atoms with Gasteiger partial charge in [0.05, 0.1) is 6.54 Å². The summed E-state index contributed by atoms with van der Waals surface area (Å²) in [6.45, 7) is 2.61. The van der Waals surface area contributed by atoms with Crippen molar-refractivity contribution in [2.24, 2.45) is 10.7 Å². The van der Waals surface area contributed by atoms with Crippen molar-refractivity contribution < 1.29 is 0 Å². The number of pyridine rings is 1. The average Bonchev–Trinajstić information content (AvgIpc) is 3.16. The van der Waals surface area contributed by atoms with Gasteiger partial charge in [0.1, 0.15) is 12.1 Å². The monoisotopic (exact) mass is 448 g/mol. The molecule has 0 radical (unpaired) electrons. The van der Waals surface area contributed by atoms with E-state index in [9.17, 15) is 0 Å². The largest absolute Gasteiger partial charge is 0.370 e. The topological polar surface area (TPSA) is 81.1 Å². The number of aryl methyl sites for hydroxylation is 1. The molecule has 2 aromatic heterocycles. The summed E-state index contributed by atoms with van der Waals surface area (Å²) in [5, 5.41) is 3.10. The highest BCUT2D eigenvalue weighted by molar-refractivity contribution is 14.0. The first kappa shape index (κ1) is 18.9. The highest BCUT2D eigenvalue weighted by Gasteiger charge is 2.00. The minimum Gasteiger partial charge on any atom is -0.370 e. The Morgan fingerprint density at radius 2 is 1.96 bits per heavy atom. The standard InChI is InChI=1S/C18H20N6.HI/c1-2-14-3-5-16(6-4-14)23-18(19)22-12-15-7-8-21-17(11-15)24-10-9-20-13-24;/h3-11,13H,2,12H2,1H3,(H3,19,22,23);1H. The van der Waals surface area contributed by atoms with Crippen molar-refractivity contribution in [1.29, 1.82) is 0 Å². The van der Waals surface area contributed by atoms with Gasteiger partial charge in [-0.2, -0.15) is 0 Å². The molecule has 3 rings (SSSR count). The molecule has 25 heavy (non-hydrogen) atoms. The Morgan fingerprint density at radius 1 is 1.16 bits per heavy atom.